The summed E-state index contributed by atoms with van der Waals surface area (Å²) < 4.78 is 24.9. The minimum atomic E-state index is -3.21. The molecule has 0 saturated carbocycles. The number of sulfonamides is 1. The van der Waals surface area contributed by atoms with Gasteiger partial charge in [0.25, 0.3) is 0 Å². The van der Waals surface area contributed by atoms with Crippen molar-refractivity contribution in [3.8, 4) is 0 Å². The monoisotopic (exact) mass is 280 g/mol. The van der Waals surface area contributed by atoms with E-state index < -0.39 is 10.0 Å². The van der Waals surface area contributed by atoms with Crippen molar-refractivity contribution in [1.82, 2.24) is 14.7 Å². The van der Waals surface area contributed by atoms with Crippen LogP contribution in [0.4, 0.5) is 5.82 Å². The van der Waals surface area contributed by atoms with Gasteiger partial charge in [-0.2, -0.15) is 0 Å². The molecule has 0 fully saturated rings. The van der Waals surface area contributed by atoms with Gasteiger partial charge in [-0.05, 0) is 26.1 Å². The minimum Gasteiger partial charge on any atom is -0.367 e. The Balaban J connectivity index is 2.15. The molecule has 2 aromatic rings. The molecule has 1 aromatic carbocycles. The predicted octanol–water partition coefficient (Wildman–Crippen LogP) is 0.899. The highest BCUT2D eigenvalue weighted by Crippen LogP contribution is 2.15. The van der Waals surface area contributed by atoms with Crippen LogP contribution in [0.2, 0.25) is 0 Å². The molecule has 102 valence electrons. The molecule has 19 heavy (non-hydrogen) atoms. The lowest BCUT2D eigenvalue weighted by atomic mass is 10.3. The van der Waals surface area contributed by atoms with Crippen LogP contribution < -0.4 is 10.0 Å². The molecule has 0 aliphatic heterocycles. The average molecular weight is 280 g/mol. The van der Waals surface area contributed by atoms with Crippen LogP contribution in [0.1, 0.15) is 5.69 Å². The Morgan fingerprint density at radius 2 is 1.79 bits per heavy atom. The molecule has 7 heteroatoms. The third-order valence-electron chi connectivity index (χ3n) is 2.72. The summed E-state index contributed by atoms with van der Waals surface area (Å²) in [6, 6.07) is 7.56. The molecule has 0 bridgehead atoms. The molecular formula is C12H16N4O2S. The maximum absolute atomic E-state index is 11.3. The zero-order valence-corrected chi connectivity index (χ0v) is 11.7. The van der Waals surface area contributed by atoms with E-state index in [9.17, 15) is 8.42 Å². The summed E-state index contributed by atoms with van der Waals surface area (Å²) in [7, 11) is -1.81. The highest BCUT2D eigenvalue weighted by molar-refractivity contribution is 7.89. The van der Waals surface area contributed by atoms with Gasteiger partial charge in [-0.1, -0.05) is 12.1 Å². The second-order valence-electron chi connectivity index (χ2n) is 4.10. The molecule has 0 radical (unpaired) electrons. The van der Waals surface area contributed by atoms with E-state index in [2.05, 4.69) is 20.0 Å². The van der Waals surface area contributed by atoms with Gasteiger partial charge < -0.3 is 5.32 Å². The van der Waals surface area contributed by atoms with Gasteiger partial charge in [-0.15, -0.1) is 0 Å². The molecule has 2 N–H and O–H groups in total. The van der Waals surface area contributed by atoms with Gasteiger partial charge in [-0.3, -0.25) is 0 Å². The Morgan fingerprint density at radius 1 is 1.16 bits per heavy atom. The van der Waals surface area contributed by atoms with Gasteiger partial charge in [0.1, 0.15) is 5.82 Å². The highest BCUT2D eigenvalue weighted by atomic mass is 32.2. The summed E-state index contributed by atoms with van der Waals surface area (Å²) in [6.07, 6.45) is 0. The lowest BCUT2D eigenvalue weighted by Gasteiger charge is -2.09. The Kier molecular flexibility index (Phi) is 3.96. The number of hydrogen-bond acceptors (Lipinski definition) is 5. The lowest BCUT2D eigenvalue weighted by molar-refractivity contribution is 0.588. The minimum absolute atomic E-state index is 0.00253. The molecule has 2 rings (SSSR count). The molecule has 0 atom stereocenters. The molecule has 0 amide bonds. The molecule has 0 spiro atoms. The Morgan fingerprint density at radius 3 is 2.42 bits per heavy atom. The summed E-state index contributed by atoms with van der Waals surface area (Å²) in [4.78, 5) is 8.85. The Bertz CT molecular complexity index is 685. The van der Waals surface area contributed by atoms with E-state index in [0.29, 0.717) is 5.82 Å². The standard InChI is InChI=1S/C12H16N4O2S/c1-9-12(14-7-8-19(17,18)13-2)16-11-6-4-3-5-10(11)15-9/h3-6,13H,7-8H2,1-2H3,(H,14,16). The number of benzene rings is 1. The zero-order chi connectivity index (χ0) is 13.9. The second kappa shape index (κ2) is 5.50. The average Bonchev–Trinajstić information content (AvgIpc) is 2.39. The number of aryl methyl sites for hydroxylation is 1. The normalized spacial score (nSPS) is 11.7. The maximum Gasteiger partial charge on any atom is 0.213 e. The summed E-state index contributed by atoms with van der Waals surface area (Å²) in [6.45, 7) is 2.13. The number of nitrogens with one attached hydrogen (secondary N) is 2. The molecule has 0 aliphatic carbocycles. The van der Waals surface area contributed by atoms with Crippen molar-refractivity contribution < 1.29 is 8.42 Å². The first-order valence-electron chi connectivity index (χ1n) is 5.90. The maximum atomic E-state index is 11.3. The molecule has 0 saturated heterocycles. The van der Waals surface area contributed by atoms with Crippen molar-refractivity contribution >= 4 is 26.9 Å². The first-order valence-corrected chi connectivity index (χ1v) is 7.55. The van der Waals surface area contributed by atoms with Gasteiger partial charge in [0, 0.05) is 6.54 Å². The third-order valence-corrected chi connectivity index (χ3v) is 4.08. The first kappa shape index (κ1) is 13.7. The van der Waals surface area contributed by atoms with Crippen LogP contribution in [0.3, 0.4) is 0 Å². The summed E-state index contributed by atoms with van der Waals surface area (Å²) in [5.74, 6) is 0.613. The number of aromatic nitrogens is 2. The van der Waals surface area contributed by atoms with Crippen molar-refractivity contribution in [1.29, 1.82) is 0 Å². The summed E-state index contributed by atoms with van der Waals surface area (Å²) in [5.41, 5.74) is 2.36. The van der Waals surface area contributed by atoms with Gasteiger partial charge in [0.05, 0.1) is 22.5 Å². The number of fused-ring (bicyclic) bond motifs is 1. The molecule has 0 unspecified atom stereocenters. The van der Waals surface area contributed by atoms with Crippen LogP contribution in [-0.4, -0.2) is 37.7 Å². The van der Waals surface area contributed by atoms with E-state index in [1.54, 1.807) is 0 Å². The molecule has 1 aromatic heterocycles. The lowest BCUT2D eigenvalue weighted by Crippen LogP contribution is -2.26. The largest absolute Gasteiger partial charge is 0.367 e. The van der Waals surface area contributed by atoms with Gasteiger partial charge in [-0.25, -0.2) is 23.1 Å². The third kappa shape index (κ3) is 3.39. The number of rotatable bonds is 5. The number of para-hydroxylation sites is 2. The zero-order valence-electron chi connectivity index (χ0n) is 10.8. The van der Waals surface area contributed by atoms with E-state index in [0.717, 1.165) is 16.7 Å². The van der Waals surface area contributed by atoms with Crippen LogP contribution in [0, 0.1) is 6.92 Å². The van der Waals surface area contributed by atoms with Crippen LogP contribution in [0.25, 0.3) is 11.0 Å². The predicted molar refractivity (Wildman–Crippen MR) is 75.6 cm³/mol. The highest BCUT2D eigenvalue weighted by Gasteiger charge is 2.08. The molecule has 0 aliphatic rings. The topological polar surface area (TPSA) is 84.0 Å². The Hall–Kier alpha value is -1.73. The van der Waals surface area contributed by atoms with E-state index in [4.69, 9.17) is 0 Å². The number of hydrogen-bond donors (Lipinski definition) is 2. The van der Waals surface area contributed by atoms with Crippen molar-refractivity contribution in [3.05, 3.63) is 30.0 Å². The number of nitrogens with zero attached hydrogens (tertiary/aromatic N) is 2. The van der Waals surface area contributed by atoms with Crippen LogP contribution in [0.15, 0.2) is 24.3 Å². The fourth-order valence-electron chi connectivity index (χ4n) is 1.66. The number of anilines is 1. The van der Waals surface area contributed by atoms with Gasteiger partial charge in [0.2, 0.25) is 10.0 Å². The van der Waals surface area contributed by atoms with E-state index in [-0.39, 0.29) is 12.3 Å². The fraction of sp³-hybridized carbons (Fsp3) is 0.333. The molecule has 1 heterocycles. The molecular weight excluding hydrogens is 264 g/mol. The van der Waals surface area contributed by atoms with E-state index in [1.807, 2.05) is 31.2 Å². The first-order chi connectivity index (χ1) is 9.02. The van der Waals surface area contributed by atoms with Crippen molar-refractivity contribution in [2.75, 3.05) is 24.7 Å². The van der Waals surface area contributed by atoms with Crippen LogP contribution >= 0.6 is 0 Å². The van der Waals surface area contributed by atoms with Crippen molar-refractivity contribution in [2.24, 2.45) is 0 Å². The van der Waals surface area contributed by atoms with Crippen molar-refractivity contribution in [2.45, 2.75) is 6.92 Å². The SMILES string of the molecule is CNS(=O)(=O)CCNc1nc2ccccc2nc1C. The smallest absolute Gasteiger partial charge is 0.213 e. The summed E-state index contributed by atoms with van der Waals surface area (Å²) in [5, 5.41) is 3.00. The van der Waals surface area contributed by atoms with E-state index in [1.165, 1.54) is 7.05 Å². The van der Waals surface area contributed by atoms with Crippen molar-refractivity contribution in [3.63, 3.8) is 0 Å². The second-order valence-corrected chi connectivity index (χ2v) is 6.14. The van der Waals surface area contributed by atoms with Gasteiger partial charge in [0.15, 0.2) is 0 Å². The molecule has 6 nitrogen and oxygen atoms in total. The van der Waals surface area contributed by atoms with Crippen LogP contribution in [-0.2, 0) is 10.0 Å². The van der Waals surface area contributed by atoms with Crippen LogP contribution in [0.5, 0.6) is 0 Å². The quantitative estimate of drug-likeness (QED) is 0.850. The van der Waals surface area contributed by atoms with E-state index >= 15 is 0 Å². The fourth-order valence-corrected chi connectivity index (χ4v) is 2.24. The Labute approximate surface area is 112 Å². The van der Waals surface area contributed by atoms with Gasteiger partial charge >= 0.3 is 0 Å². The summed E-state index contributed by atoms with van der Waals surface area (Å²) >= 11 is 0.